The van der Waals surface area contributed by atoms with Crippen LogP contribution in [0.25, 0.3) is 0 Å². The molecule has 1 N–H and O–H groups in total. The van der Waals surface area contributed by atoms with E-state index in [4.69, 9.17) is 0 Å². The second-order valence-corrected chi connectivity index (χ2v) is 7.70. The lowest BCUT2D eigenvalue weighted by Gasteiger charge is -2.37. The van der Waals surface area contributed by atoms with E-state index in [9.17, 15) is 18.4 Å². The molecular weight excluding hydrogens is 408 g/mol. The maximum atomic E-state index is 13.5. The van der Waals surface area contributed by atoms with Crippen molar-refractivity contribution in [3.05, 3.63) is 46.8 Å². The van der Waals surface area contributed by atoms with E-state index < -0.39 is 18.7 Å². The standard InChI is InChI=1S/C21H23F2N5O3/c1-11-8-16-15(9-25-11)18-20(30)27(10-17(19(29)24-3)28(18)26-16)12(2)13-4-6-14(7-5-13)31-21(22)23/h4-7,9,11-12,17,21H,8,10H2,1-3H3,(H,24,29)/t11-,12+,17+/m1/s1. The molecule has 1 aromatic carbocycles. The van der Waals surface area contributed by atoms with Crippen molar-refractivity contribution < 1.29 is 23.1 Å². The van der Waals surface area contributed by atoms with Crippen LogP contribution in [0, 0.1) is 0 Å². The Morgan fingerprint density at radius 3 is 2.65 bits per heavy atom. The lowest BCUT2D eigenvalue weighted by atomic mass is 10.00. The number of benzene rings is 1. The fourth-order valence-corrected chi connectivity index (χ4v) is 4.04. The molecule has 0 saturated carbocycles. The van der Waals surface area contributed by atoms with Gasteiger partial charge in [0.25, 0.3) is 5.91 Å². The SMILES string of the molecule is CNC(=O)[C@@H]1CN([C@@H](C)c2ccc(OC(F)F)cc2)C(=O)c2c3c(nn21)C[C@@H](C)N=C3. The average Bonchev–Trinajstić information content (AvgIpc) is 3.12. The van der Waals surface area contributed by atoms with Gasteiger partial charge in [0, 0.05) is 25.2 Å². The molecule has 164 valence electrons. The zero-order valence-corrected chi connectivity index (χ0v) is 17.4. The number of amides is 2. The maximum absolute atomic E-state index is 13.5. The molecule has 0 aliphatic carbocycles. The number of carbonyl (C=O) groups is 2. The van der Waals surface area contributed by atoms with E-state index in [0.717, 1.165) is 11.3 Å². The largest absolute Gasteiger partial charge is 0.435 e. The van der Waals surface area contributed by atoms with Crippen molar-refractivity contribution in [3.8, 4) is 5.75 Å². The number of fused-ring (bicyclic) bond motifs is 3. The Balaban J connectivity index is 1.70. The first kappa shape index (κ1) is 21.0. The minimum absolute atomic E-state index is 0.0386. The Morgan fingerprint density at radius 1 is 1.29 bits per heavy atom. The van der Waals surface area contributed by atoms with Crippen LogP contribution < -0.4 is 10.1 Å². The average molecular weight is 431 g/mol. The Kier molecular flexibility index (Phi) is 5.47. The van der Waals surface area contributed by atoms with Gasteiger partial charge in [-0.3, -0.25) is 14.6 Å². The van der Waals surface area contributed by atoms with Crippen molar-refractivity contribution >= 4 is 18.0 Å². The summed E-state index contributed by atoms with van der Waals surface area (Å²) in [6.45, 7) is 1.02. The molecule has 3 heterocycles. The zero-order chi connectivity index (χ0) is 22.3. The van der Waals surface area contributed by atoms with Crippen molar-refractivity contribution in [3.63, 3.8) is 0 Å². The molecule has 0 fully saturated rings. The molecule has 2 aromatic rings. The van der Waals surface area contributed by atoms with Crippen molar-refractivity contribution in [2.24, 2.45) is 4.99 Å². The lowest BCUT2D eigenvalue weighted by Crippen LogP contribution is -2.49. The zero-order valence-electron chi connectivity index (χ0n) is 17.4. The van der Waals surface area contributed by atoms with Gasteiger partial charge in [0.1, 0.15) is 17.5 Å². The lowest BCUT2D eigenvalue weighted by molar-refractivity contribution is -0.125. The molecular formula is C21H23F2N5O3. The molecule has 2 aliphatic heterocycles. The van der Waals surface area contributed by atoms with Crippen molar-refractivity contribution in [2.45, 2.75) is 45.0 Å². The molecule has 0 bridgehead atoms. The number of carbonyl (C=O) groups excluding carboxylic acids is 2. The first-order valence-electron chi connectivity index (χ1n) is 10.0. The van der Waals surface area contributed by atoms with Gasteiger partial charge in [0.15, 0.2) is 0 Å². The van der Waals surface area contributed by atoms with Gasteiger partial charge in [-0.25, -0.2) is 4.68 Å². The second kappa shape index (κ2) is 8.09. The van der Waals surface area contributed by atoms with Crippen LogP contribution in [0.1, 0.15) is 53.2 Å². The summed E-state index contributed by atoms with van der Waals surface area (Å²) in [4.78, 5) is 32.1. The van der Waals surface area contributed by atoms with Crippen LogP contribution >= 0.6 is 0 Å². The molecule has 8 nitrogen and oxygen atoms in total. The molecule has 2 amide bonds. The summed E-state index contributed by atoms with van der Waals surface area (Å²) >= 11 is 0. The highest BCUT2D eigenvalue weighted by Crippen LogP contribution is 2.33. The van der Waals surface area contributed by atoms with Gasteiger partial charge in [-0.15, -0.1) is 0 Å². The summed E-state index contributed by atoms with van der Waals surface area (Å²) in [6.07, 6.45) is 2.26. The highest BCUT2D eigenvalue weighted by Gasteiger charge is 2.41. The fraction of sp³-hybridized carbons (Fsp3) is 0.429. The summed E-state index contributed by atoms with van der Waals surface area (Å²) < 4.78 is 30.7. The van der Waals surface area contributed by atoms with E-state index in [-0.39, 0.29) is 30.2 Å². The van der Waals surface area contributed by atoms with Gasteiger partial charge in [-0.1, -0.05) is 12.1 Å². The topological polar surface area (TPSA) is 88.8 Å². The Bertz CT molecular complexity index is 1030. The Morgan fingerprint density at radius 2 is 2.00 bits per heavy atom. The number of aliphatic imine (C=N–C) groups is 1. The molecule has 0 spiro atoms. The first-order valence-corrected chi connectivity index (χ1v) is 10.0. The fourth-order valence-electron chi connectivity index (χ4n) is 4.04. The van der Waals surface area contributed by atoms with Crippen LogP contribution in [-0.4, -0.2) is 59.0 Å². The third kappa shape index (κ3) is 3.77. The number of nitrogens with one attached hydrogen (secondary N) is 1. The first-order chi connectivity index (χ1) is 14.8. The van der Waals surface area contributed by atoms with Gasteiger partial charge in [-0.2, -0.15) is 13.9 Å². The van der Waals surface area contributed by atoms with Crippen LogP contribution in [0.5, 0.6) is 5.75 Å². The number of rotatable bonds is 5. The van der Waals surface area contributed by atoms with Crippen LogP contribution in [-0.2, 0) is 11.2 Å². The molecule has 0 saturated heterocycles. The quantitative estimate of drug-likeness (QED) is 0.787. The van der Waals surface area contributed by atoms with E-state index >= 15 is 0 Å². The summed E-state index contributed by atoms with van der Waals surface area (Å²) in [6, 6.07) is 5.10. The third-order valence-corrected chi connectivity index (χ3v) is 5.70. The summed E-state index contributed by atoms with van der Waals surface area (Å²) in [7, 11) is 1.54. The second-order valence-electron chi connectivity index (χ2n) is 7.70. The van der Waals surface area contributed by atoms with E-state index in [2.05, 4.69) is 20.1 Å². The number of halogens is 2. The molecule has 4 rings (SSSR count). The minimum Gasteiger partial charge on any atom is -0.435 e. The van der Waals surface area contributed by atoms with E-state index in [1.54, 1.807) is 30.3 Å². The van der Waals surface area contributed by atoms with Gasteiger partial charge in [0.2, 0.25) is 5.91 Å². The summed E-state index contributed by atoms with van der Waals surface area (Å²) in [5, 5.41) is 7.22. The van der Waals surface area contributed by atoms with Gasteiger partial charge in [0.05, 0.1) is 24.3 Å². The Labute approximate surface area is 177 Å². The number of hydrogen-bond donors (Lipinski definition) is 1. The minimum atomic E-state index is -2.91. The van der Waals surface area contributed by atoms with Crippen molar-refractivity contribution in [1.29, 1.82) is 0 Å². The van der Waals surface area contributed by atoms with Crippen LogP contribution in [0.4, 0.5) is 8.78 Å². The normalized spacial score (nSPS) is 21.0. The molecule has 1 aromatic heterocycles. The smallest absolute Gasteiger partial charge is 0.387 e. The highest BCUT2D eigenvalue weighted by molar-refractivity contribution is 6.04. The predicted molar refractivity (Wildman–Crippen MR) is 109 cm³/mol. The van der Waals surface area contributed by atoms with Gasteiger partial charge < -0.3 is 15.0 Å². The highest BCUT2D eigenvalue weighted by atomic mass is 19.3. The van der Waals surface area contributed by atoms with E-state index in [1.165, 1.54) is 16.8 Å². The molecule has 31 heavy (non-hydrogen) atoms. The van der Waals surface area contributed by atoms with Gasteiger partial charge >= 0.3 is 6.61 Å². The molecule has 0 unspecified atom stereocenters. The van der Waals surface area contributed by atoms with Gasteiger partial charge in [-0.05, 0) is 31.5 Å². The van der Waals surface area contributed by atoms with Crippen molar-refractivity contribution in [1.82, 2.24) is 20.0 Å². The Hall–Kier alpha value is -3.30. The number of aromatic nitrogens is 2. The summed E-state index contributed by atoms with van der Waals surface area (Å²) in [5.74, 6) is -0.469. The van der Waals surface area contributed by atoms with Crippen molar-refractivity contribution in [2.75, 3.05) is 13.6 Å². The predicted octanol–water partition coefficient (Wildman–Crippen LogP) is 2.35. The third-order valence-electron chi connectivity index (χ3n) is 5.70. The van der Waals surface area contributed by atoms with E-state index in [0.29, 0.717) is 17.7 Å². The number of hydrogen-bond acceptors (Lipinski definition) is 5. The molecule has 3 atom stereocenters. The number of nitrogens with zero attached hydrogens (tertiary/aromatic N) is 4. The number of alkyl halides is 2. The van der Waals surface area contributed by atoms with Crippen LogP contribution in [0.3, 0.4) is 0 Å². The van der Waals surface area contributed by atoms with Crippen LogP contribution in [0.15, 0.2) is 29.3 Å². The number of likely N-dealkylation sites (N-methyl/N-ethyl adjacent to an activating group) is 1. The van der Waals surface area contributed by atoms with E-state index in [1.807, 2.05) is 13.8 Å². The molecule has 2 aliphatic rings. The van der Waals surface area contributed by atoms with Crippen LogP contribution in [0.2, 0.25) is 0 Å². The maximum Gasteiger partial charge on any atom is 0.387 e. The number of ether oxygens (including phenoxy) is 1. The molecule has 0 radical (unpaired) electrons. The molecule has 10 heteroatoms. The monoisotopic (exact) mass is 431 g/mol. The summed E-state index contributed by atoms with van der Waals surface area (Å²) in [5.41, 5.74) is 2.47.